The highest BCUT2D eigenvalue weighted by atomic mass is 32.2. The van der Waals surface area contributed by atoms with Gasteiger partial charge in [-0.1, -0.05) is 12.1 Å². The van der Waals surface area contributed by atoms with E-state index in [0.29, 0.717) is 11.5 Å². The maximum Gasteiger partial charge on any atom is 0.347 e. The summed E-state index contributed by atoms with van der Waals surface area (Å²) in [6, 6.07) is -0.863. The maximum atomic E-state index is 13.0. The van der Waals surface area contributed by atoms with Crippen molar-refractivity contribution in [3.05, 3.63) is 11.1 Å². The Bertz CT molecular complexity index is 1040. The molecule has 2 aliphatic heterocycles. The number of carboxylic acids is 1. The molecule has 0 aliphatic carbocycles. The van der Waals surface area contributed by atoms with Gasteiger partial charge in [-0.2, -0.15) is 0 Å². The molecule has 1 aromatic rings. The van der Waals surface area contributed by atoms with E-state index >= 15 is 0 Å². The number of carbonyl (C=O) groups is 4. The van der Waals surface area contributed by atoms with E-state index in [0.717, 1.165) is 11.3 Å². The molecule has 0 spiro atoms. The lowest BCUT2D eigenvalue weighted by Gasteiger charge is -2.53. The van der Waals surface area contributed by atoms with Crippen LogP contribution in [0.4, 0.5) is 5.13 Å². The maximum absolute atomic E-state index is 13.0. The number of carbonyl (C=O) groups excluding carboxylic acids is 3. The van der Waals surface area contributed by atoms with Crippen LogP contribution in [0.5, 0.6) is 0 Å². The summed E-state index contributed by atoms with van der Waals surface area (Å²) >= 11 is 3.68. The second-order valence-electron chi connectivity index (χ2n) is 8.72. The van der Waals surface area contributed by atoms with Gasteiger partial charge in [0, 0.05) is 17.7 Å². The Morgan fingerprint density at radius 2 is 2.14 bits per heavy atom. The predicted molar refractivity (Wildman–Crippen MR) is 133 cm³/mol. The number of fused-ring (bicyclic) bond motifs is 1. The molecule has 3 atom stereocenters. The van der Waals surface area contributed by atoms with Crippen LogP contribution < -0.4 is 11.1 Å². The van der Waals surface area contributed by atoms with Crippen LogP contribution in [0.25, 0.3) is 0 Å². The highest BCUT2D eigenvalue weighted by Crippen LogP contribution is 2.43. The molecular weight excluding hydrogens is 518 g/mol. The predicted octanol–water partition coefficient (Wildman–Crippen LogP) is 0.764. The Balaban J connectivity index is 1.69. The minimum absolute atomic E-state index is 0.0618. The van der Waals surface area contributed by atoms with Gasteiger partial charge < -0.3 is 30.6 Å². The van der Waals surface area contributed by atoms with Crippen LogP contribution in [0.2, 0.25) is 0 Å². The Kier molecular flexibility index (Phi) is 8.21. The van der Waals surface area contributed by atoms with E-state index in [1.165, 1.54) is 33.8 Å². The topological polar surface area (TPSA) is 174 Å². The summed E-state index contributed by atoms with van der Waals surface area (Å²) in [6.45, 7) is 6.50. The number of hydrogen-bond donors (Lipinski definition) is 3. The monoisotopic (exact) mass is 545 g/mol. The molecule has 1 aromatic heterocycles. The summed E-state index contributed by atoms with van der Waals surface area (Å²) in [4.78, 5) is 60.1. The van der Waals surface area contributed by atoms with E-state index in [1.54, 1.807) is 20.8 Å². The van der Waals surface area contributed by atoms with Crippen molar-refractivity contribution in [2.45, 2.75) is 49.5 Å². The number of nitrogens with one attached hydrogen (secondary N) is 1. The van der Waals surface area contributed by atoms with Gasteiger partial charge in [0.15, 0.2) is 10.8 Å². The van der Waals surface area contributed by atoms with Crippen LogP contribution in [0.15, 0.2) is 10.5 Å². The fourth-order valence-electron chi connectivity index (χ4n) is 3.44. The summed E-state index contributed by atoms with van der Waals surface area (Å²) < 4.78 is 4.06. The molecule has 0 bridgehead atoms. The summed E-state index contributed by atoms with van der Waals surface area (Å²) in [6.07, 6.45) is 0. The van der Waals surface area contributed by atoms with E-state index in [1.807, 2.05) is 6.92 Å². The molecule has 12 nitrogen and oxygen atoms in total. The van der Waals surface area contributed by atoms with Crippen molar-refractivity contribution in [1.82, 2.24) is 15.2 Å². The number of nitrogens with zero attached hydrogens (tertiary/aromatic N) is 3. The zero-order valence-corrected chi connectivity index (χ0v) is 22.1. The van der Waals surface area contributed by atoms with Crippen molar-refractivity contribution in [2.75, 3.05) is 30.4 Å². The number of anilines is 1. The molecule has 2 amide bonds. The normalized spacial score (nSPS) is 24.3. The number of ether oxygens (including phenoxy) is 1. The number of thioether (sulfide) groups is 2. The third kappa shape index (κ3) is 6.19. The minimum Gasteiger partial charge on any atom is -0.480 e. The van der Waals surface area contributed by atoms with Crippen LogP contribution in [0, 0.1) is 0 Å². The number of oxime groups is 1. The lowest BCUT2D eigenvalue weighted by Crippen LogP contribution is -2.74. The molecule has 2 saturated heterocycles. The number of esters is 1. The molecule has 15 heteroatoms. The van der Waals surface area contributed by atoms with Crippen LogP contribution in [0.1, 0.15) is 33.4 Å². The third-order valence-corrected chi connectivity index (χ3v) is 8.56. The molecular formula is C20H27N5O7S3. The van der Waals surface area contributed by atoms with Crippen LogP contribution in [0.3, 0.4) is 0 Å². The Morgan fingerprint density at radius 1 is 1.43 bits per heavy atom. The largest absolute Gasteiger partial charge is 0.480 e. The van der Waals surface area contributed by atoms with Crippen LogP contribution in [-0.2, 0) is 28.8 Å². The molecule has 35 heavy (non-hydrogen) atoms. The van der Waals surface area contributed by atoms with Crippen LogP contribution in [-0.4, -0.2) is 90.9 Å². The van der Waals surface area contributed by atoms with Crippen molar-refractivity contribution in [3.8, 4) is 0 Å². The lowest BCUT2D eigenvalue weighted by atomic mass is 10.0. The summed E-state index contributed by atoms with van der Waals surface area (Å²) in [5.41, 5.74) is 4.83. The Hall–Kier alpha value is -2.52. The third-order valence-electron chi connectivity index (χ3n) is 4.89. The highest BCUT2D eigenvalue weighted by molar-refractivity contribution is 8.05. The van der Waals surface area contributed by atoms with Gasteiger partial charge in [-0.3, -0.25) is 14.4 Å². The average Bonchev–Trinajstić information content (AvgIpc) is 3.19. The molecule has 3 rings (SSSR count). The first-order valence-electron chi connectivity index (χ1n) is 10.6. The zero-order chi connectivity index (χ0) is 26.0. The Labute approximate surface area is 214 Å². The minimum atomic E-state index is -1.08. The SMILES string of the molecule is CCSC1(C(=O)O)CS[C@@H]2C(NC(=O)C(=NOCC(=O)OC(C)(C)C)c3csc(N)n3)C(=O)N2C1. The molecule has 0 aromatic carbocycles. The second-order valence-corrected chi connectivity index (χ2v) is 12.4. The standard InChI is InChI=1S/C20H27N5O7S3/c1-5-35-20(17(29)30)8-25-15(28)13(16(25)34-9-20)23-14(27)12(10-7-33-18(21)22-10)24-31-6-11(26)32-19(2,3)4/h7,13,16H,5-6,8-9H2,1-4H3,(H2,21,22)(H,23,27)(H,29,30)/t13?,16-,20?/m1/s1. The van der Waals surface area contributed by atoms with Crippen molar-refractivity contribution in [2.24, 2.45) is 5.16 Å². The quantitative estimate of drug-likeness (QED) is 0.173. The molecule has 2 fully saturated rings. The number of carboxylic acid groups (broad SMARTS) is 1. The van der Waals surface area contributed by atoms with E-state index in [9.17, 15) is 24.3 Å². The number of aliphatic carboxylic acids is 1. The van der Waals surface area contributed by atoms with E-state index in [2.05, 4.69) is 15.5 Å². The fourth-order valence-corrected chi connectivity index (χ4v) is 6.82. The summed E-state index contributed by atoms with van der Waals surface area (Å²) in [7, 11) is 0. The second kappa shape index (κ2) is 10.6. The molecule has 2 aliphatic rings. The lowest BCUT2D eigenvalue weighted by molar-refractivity contribution is -0.160. The Morgan fingerprint density at radius 3 is 2.71 bits per heavy atom. The first-order valence-corrected chi connectivity index (χ1v) is 13.5. The summed E-state index contributed by atoms with van der Waals surface area (Å²) in [5.74, 6) is -1.87. The number of aromatic nitrogens is 1. The fraction of sp³-hybridized carbons (Fsp3) is 0.600. The highest BCUT2D eigenvalue weighted by Gasteiger charge is 2.57. The first-order chi connectivity index (χ1) is 16.4. The van der Waals surface area contributed by atoms with Crippen LogP contribution >= 0.6 is 34.9 Å². The number of thiazole rings is 1. The molecule has 0 radical (unpaired) electrons. The van der Waals surface area contributed by atoms with Gasteiger partial charge in [0.2, 0.25) is 12.5 Å². The summed E-state index contributed by atoms with van der Waals surface area (Å²) in [5, 5.41) is 17.4. The van der Waals surface area contributed by atoms with E-state index < -0.39 is 46.2 Å². The smallest absolute Gasteiger partial charge is 0.347 e. The van der Waals surface area contributed by atoms with Gasteiger partial charge in [0.1, 0.15) is 27.5 Å². The van der Waals surface area contributed by atoms with E-state index in [-0.39, 0.29) is 29.0 Å². The first kappa shape index (κ1) is 27.1. The number of rotatable bonds is 9. The number of hydrogen-bond acceptors (Lipinski definition) is 12. The number of nitrogen functional groups attached to an aromatic ring is 1. The van der Waals surface area contributed by atoms with Crippen molar-refractivity contribution in [3.63, 3.8) is 0 Å². The molecule has 3 heterocycles. The van der Waals surface area contributed by atoms with Crippen molar-refractivity contribution < 1.29 is 33.9 Å². The number of β-lactam (4-membered cyclic amide) rings is 1. The van der Waals surface area contributed by atoms with Gasteiger partial charge in [0.05, 0.1) is 0 Å². The molecule has 0 saturated carbocycles. The molecule has 2 unspecified atom stereocenters. The van der Waals surface area contributed by atoms with Gasteiger partial charge in [-0.15, -0.1) is 34.9 Å². The van der Waals surface area contributed by atoms with Crippen molar-refractivity contribution in [1.29, 1.82) is 0 Å². The van der Waals surface area contributed by atoms with Gasteiger partial charge in [0.25, 0.3) is 5.91 Å². The van der Waals surface area contributed by atoms with Gasteiger partial charge in [-0.25, -0.2) is 9.78 Å². The van der Waals surface area contributed by atoms with Gasteiger partial charge in [-0.05, 0) is 26.5 Å². The van der Waals surface area contributed by atoms with Gasteiger partial charge >= 0.3 is 11.9 Å². The average molecular weight is 546 g/mol. The van der Waals surface area contributed by atoms with E-state index in [4.69, 9.17) is 15.3 Å². The zero-order valence-electron chi connectivity index (χ0n) is 19.6. The van der Waals surface area contributed by atoms with Crippen molar-refractivity contribution >= 4 is 69.5 Å². The molecule has 4 N–H and O–H groups in total. The number of amides is 2. The molecule has 192 valence electrons. The number of nitrogens with two attached hydrogens (primary N) is 1.